The Bertz CT molecular complexity index is 384. The molecule has 1 aliphatic rings. The summed E-state index contributed by atoms with van der Waals surface area (Å²) in [6, 6.07) is 2.91. The summed E-state index contributed by atoms with van der Waals surface area (Å²) in [4.78, 5) is 7.05. The molecule has 0 radical (unpaired) electrons. The molecule has 3 heteroatoms. The first kappa shape index (κ1) is 13.9. The third-order valence-corrected chi connectivity index (χ3v) is 4.62. The predicted molar refractivity (Wildman–Crippen MR) is 81.5 cm³/mol. The van der Waals surface area contributed by atoms with Gasteiger partial charge < -0.3 is 4.90 Å². The Kier molecular flexibility index (Phi) is 5.04. The molecular weight excluding hydrogens is 288 g/mol. The molecule has 0 amide bonds. The van der Waals surface area contributed by atoms with Crippen molar-refractivity contribution in [3.63, 3.8) is 0 Å². The number of aromatic nitrogens is 1. The lowest BCUT2D eigenvalue weighted by molar-refractivity contribution is 0.548. The molecule has 0 atom stereocenters. The van der Waals surface area contributed by atoms with Crippen molar-refractivity contribution >= 4 is 21.7 Å². The van der Waals surface area contributed by atoms with Crippen LogP contribution in [0, 0.1) is 6.92 Å². The van der Waals surface area contributed by atoms with Crippen LogP contribution < -0.4 is 4.90 Å². The van der Waals surface area contributed by atoms with Gasteiger partial charge in [0.15, 0.2) is 0 Å². The van der Waals surface area contributed by atoms with Crippen molar-refractivity contribution in [1.82, 2.24) is 4.98 Å². The molecule has 1 saturated carbocycles. The van der Waals surface area contributed by atoms with Crippen molar-refractivity contribution in [2.75, 3.05) is 11.9 Å². The summed E-state index contributed by atoms with van der Waals surface area (Å²) in [7, 11) is 2.21. The molecule has 2 nitrogen and oxygen atoms in total. The molecule has 1 aromatic heterocycles. The van der Waals surface area contributed by atoms with Crippen LogP contribution in [0.4, 0.5) is 5.82 Å². The summed E-state index contributed by atoms with van der Waals surface area (Å²) >= 11 is 3.49. The zero-order chi connectivity index (χ0) is 13.0. The molecule has 2 rings (SSSR count). The fraction of sp³-hybridized carbons (Fsp3) is 0.667. The Hall–Kier alpha value is -0.570. The first-order valence-electron chi connectivity index (χ1n) is 6.96. The van der Waals surface area contributed by atoms with Gasteiger partial charge in [-0.15, -0.1) is 0 Å². The number of pyridine rings is 1. The Morgan fingerprint density at radius 1 is 1.28 bits per heavy atom. The largest absolute Gasteiger partial charge is 0.356 e. The minimum atomic E-state index is 0.675. The van der Waals surface area contributed by atoms with Crippen LogP contribution in [-0.2, 0) is 5.33 Å². The van der Waals surface area contributed by atoms with Gasteiger partial charge in [0, 0.05) is 24.6 Å². The third-order valence-electron chi connectivity index (χ3n) is 3.97. The fourth-order valence-corrected chi connectivity index (χ4v) is 3.19. The van der Waals surface area contributed by atoms with Crippen molar-refractivity contribution in [3.05, 3.63) is 23.4 Å². The Balaban J connectivity index is 2.14. The van der Waals surface area contributed by atoms with Crippen LogP contribution in [0.1, 0.15) is 49.7 Å². The van der Waals surface area contributed by atoms with E-state index in [9.17, 15) is 0 Å². The van der Waals surface area contributed by atoms with Crippen molar-refractivity contribution in [3.8, 4) is 0 Å². The number of hydrogen-bond acceptors (Lipinski definition) is 2. The second-order valence-corrected chi connectivity index (χ2v) is 5.93. The van der Waals surface area contributed by atoms with Crippen LogP contribution in [0.15, 0.2) is 12.3 Å². The third kappa shape index (κ3) is 3.25. The summed E-state index contributed by atoms with van der Waals surface area (Å²) in [6.45, 7) is 2.17. The van der Waals surface area contributed by atoms with Crippen LogP contribution in [0.25, 0.3) is 0 Å². The van der Waals surface area contributed by atoms with E-state index in [1.165, 1.54) is 49.7 Å². The Morgan fingerprint density at radius 3 is 2.50 bits per heavy atom. The van der Waals surface area contributed by atoms with Crippen molar-refractivity contribution in [2.24, 2.45) is 0 Å². The fourth-order valence-electron chi connectivity index (χ4n) is 2.89. The van der Waals surface area contributed by atoms with Gasteiger partial charge in [0.05, 0.1) is 0 Å². The van der Waals surface area contributed by atoms with Gasteiger partial charge in [-0.25, -0.2) is 4.98 Å². The van der Waals surface area contributed by atoms with Gasteiger partial charge in [-0.3, -0.25) is 0 Å². The maximum absolute atomic E-state index is 4.65. The highest BCUT2D eigenvalue weighted by molar-refractivity contribution is 9.08. The lowest BCUT2D eigenvalue weighted by Gasteiger charge is -2.29. The monoisotopic (exact) mass is 310 g/mol. The van der Waals surface area contributed by atoms with Gasteiger partial charge in [-0.05, 0) is 30.9 Å². The number of nitrogens with zero attached hydrogens (tertiary/aromatic N) is 2. The van der Waals surface area contributed by atoms with Crippen LogP contribution in [-0.4, -0.2) is 18.1 Å². The highest BCUT2D eigenvalue weighted by Gasteiger charge is 2.19. The quantitative estimate of drug-likeness (QED) is 0.606. The second-order valence-electron chi connectivity index (χ2n) is 5.37. The van der Waals surface area contributed by atoms with E-state index in [-0.39, 0.29) is 0 Å². The van der Waals surface area contributed by atoms with Crippen molar-refractivity contribution in [1.29, 1.82) is 0 Å². The van der Waals surface area contributed by atoms with E-state index < -0.39 is 0 Å². The molecule has 1 aromatic rings. The molecule has 18 heavy (non-hydrogen) atoms. The first-order chi connectivity index (χ1) is 8.72. The molecule has 0 aliphatic heterocycles. The lowest BCUT2D eigenvalue weighted by atomic mass is 10.1. The molecule has 0 bridgehead atoms. The summed E-state index contributed by atoms with van der Waals surface area (Å²) in [5, 5.41) is 0.883. The van der Waals surface area contributed by atoms with Gasteiger partial charge in [-0.1, -0.05) is 47.7 Å². The molecule has 0 saturated heterocycles. The maximum Gasteiger partial charge on any atom is 0.131 e. The zero-order valence-electron chi connectivity index (χ0n) is 11.5. The van der Waals surface area contributed by atoms with E-state index in [1.54, 1.807) is 0 Å². The van der Waals surface area contributed by atoms with Crippen LogP contribution in [0.3, 0.4) is 0 Å². The van der Waals surface area contributed by atoms with Crippen LogP contribution in [0.5, 0.6) is 0 Å². The average molecular weight is 311 g/mol. The summed E-state index contributed by atoms with van der Waals surface area (Å²) in [6.07, 6.45) is 10.2. The standard InChI is InChI=1S/C15H23BrN2/c1-12-9-13(10-16)11-17-15(12)18(2)14-7-5-3-4-6-8-14/h9,11,14H,3-8,10H2,1-2H3. The van der Waals surface area contributed by atoms with E-state index in [4.69, 9.17) is 0 Å². The number of rotatable bonds is 3. The minimum Gasteiger partial charge on any atom is -0.356 e. The van der Waals surface area contributed by atoms with Crippen molar-refractivity contribution < 1.29 is 0 Å². The molecule has 100 valence electrons. The molecule has 0 aromatic carbocycles. The number of hydrogen-bond donors (Lipinski definition) is 0. The van der Waals surface area contributed by atoms with E-state index in [0.717, 1.165) is 11.1 Å². The van der Waals surface area contributed by atoms with Gasteiger partial charge in [0.25, 0.3) is 0 Å². The summed E-state index contributed by atoms with van der Waals surface area (Å²) in [5.41, 5.74) is 2.55. The molecule has 1 fully saturated rings. The average Bonchev–Trinajstić information content (AvgIpc) is 2.66. The first-order valence-corrected chi connectivity index (χ1v) is 8.09. The van der Waals surface area contributed by atoms with Crippen molar-refractivity contribution in [2.45, 2.75) is 56.8 Å². The van der Waals surface area contributed by atoms with Crippen LogP contribution >= 0.6 is 15.9 Å². The molecular formula is C15H23BrN2. The number of alkyl halides is 1. The molecule has 0 spiro atoms. The normalized spacial score (nSPS) is 17.5. The number of halogens is 1. The molecule has 0 unspecified atom stereocenters. The van der Waals surface area contributed by atoms with Gasteiger partial charge in [0.2, 0.25) is 0 Å². The van der Waals surface area contributed by atoms with Gasteiger partial charge in [0.1, 0.15) is 5.82 Å². The molecule has 0 N–H and O–H groups in total. The highest BCUT2D eigenvalue weighted by atomic mass is 79.9. The van der Waals surface area contributed by atoms with E-state index in [1.807, 2.05) is 6.20 Å². The van der Waals surface area contributed by atoms with Gasteiger partial charge in [-0.2, -0.15) is 0 Å². The van der Waals surface area contributed by atoms with E-state index in [0.29, 0.717) is 6.04 Å². The van der Waals surface area contributed by atoms with E-state index in [2.05, 4.69) is 45.9 Å². The summed E-state index contributed by atoms with van der Waals surface area (Å²) < 4.78 is 0. The minimum absolute atomic E-state index is 0.675. The Morgan fingerprint density at radius 2 is 1.94 bits per heavy atom. The Labute approximate surface area is 119 Å². The zero-order valence-corrected chi connectivity index (χ0v) is 13.0. The van der Waals surface area contributed by atoms with Crippen LogP contribution in [0.2, 0.25) is 0 Å². The molecule has 1 aliphatic carbocycles. The predicted octanol–water partition coefficient (Wildman–Crippen LogP) is 4.44. The topological polar surface area (TPSA) is 16.1 Å². The van der Waals surface area contributed by atoms with E-state index >= 15 is 0 Å². The molecule has 1 heterocycles. The number of aryl methyl sites for hydroxylation is 1. The second kappa shape index (κ2) is 6.55. The summed E-state index contributed by atoms with van der Waals surface area (Å²) in [5.74, 6) is 1.16. The van der Waals surface area contributed by atoms with Gasteiger partial charge >= 0.3 is 0 Å². The number of anilines is 1. The SMILES string of the molecule is Cc1cc(CBr)cnc1N(C)C1CCCCCC1. The highest BCUT2D eigenvalue weighted by Crippen LogP contribution is 2.26. The smallest absolute Gasteiger partial charge is 0.131 e. The lowest BCUT2D eigenvalue weighted by Crippen LogP contribution is -2.32. The maximum atomic E-state index is 4.65.